The number of rotatable bonds is 4. The Morgan fingerprint density at radius 2 is 1.95 bits per heavy atom. The molecule has 0 aliphatic carbocycles. The molecular weight excluding hydrogens is 267 g/mol. The molecule has 3 nitrogen and oxygen atoms in total. The van der Waals surface area contributed by atoms with Crippen molar-refractivity contribution in [3.63, 3.8) is 0 Å². The summed E-state index contributed by atoms with van der Waals surface area (Å²) in [5.74, 6) is 0. The molecular formula is C14H14F3N3. The van der Waals surface area contributed by atoms with E-state index in [1.165, 1.54) is 6.07 Å². The van der Waals surface area contributed by atoms with E-state index in [2.05, 4.69) is 15.3 Å². The molecule has 0 bridgehead atoms. The highest BCUT2D eigenvalue weighted by Gasteiger charge is 2.30. The number of nitrogens with one attached hydrogen (secondary N) is 1. The van der Waals surface area contributed by atoms with Crippen molar-refractivity contribution in [3.05, 3.63) is 59.7 Å². The number of hydrogen-bond acceptors (Lipinski definition) is 3. The fourth-order valence-corrected chi connectivity index (χ4v) is 1.86. The Morgan fingerprint density at radius 1 is 1.15 bits per heavy atom. The van der Waals surface area contributed by atoms with Gasteiger partial charge in [-0.2, -0.15) is 13.2 Å². The van der Waals surface area contributed by atoms with Gasteiger partial charge in [-0.25, -0.2) is 0 Å². The van der Waals surface area contributed by atoms with Gasteiger partial charge >= 0.3 is 6.18 Å². The second-order valence-corrected chi connectivity index (χ2v) is 4.34. The molecule has 0 aromatic carbocycles. The molecule has 106 valence electrons. The minimum Gasteiger partial charge on any atom is -0.311 e. The van der Waals surface area contributed by atoms with Crippen molar-refractivity contribution >= 4 is 0 Å². The predicted octanol–water partition coefficient (Wildman–Crippen LogP) is 3.00. The smallest absolute Gasteiger partial charge is 0.311 e. The molecule has 2 heterocycles. The first-order valence-corrected chi connectivity index (χ1v) is 6.11. The third kappa shape index (κ3) is 3.54. The van der Waals surface area contributed by atoms with Gasteiger partial charge < -0.3 is 5.32 Å². The summed E-state index contributed by atoms with van der Waals surface area (Å²) >= 11 is 0. The highest BCUT2D eigenvalue weighted by atomic mass is 19.4. The van der Waals surface area contributed by atoms with Gasteiger partial charge in [-0.1, -0.05) is 6.07 Å². The van der Waals surface area contributed by atoms with Crippen LogP contribution in [0.5, 0.6) is 0 Å². The number of alkyl halides is 3. The first-order valence-electron chi connectivity index (χ1n) is 6.11. The van der Waals surface area contributed by atoms with Gasteiger partial charge in [-0.3, -0.25) is 9.97 Å². The van der Waals surface area contributed by atoms with E-state index in [0.29, 0.717) is 12.1 Å². The summed E-state index contributed by atoms with van der Waals surface area (Å²) in [4.78, 5) is 8.10. The highest BCUT2D eigenvalue weighted by molar-refractivity contribution is 5.20. The Kier molecular flexibility index (Phi) is 4.34. The maximum absolute atomic E-state index is 12.5. The summed E-state index contributed by atoms with van der Waals surface area (Å²) in [6.07, 6.45) is -1.25. The summed E-state index contributed by atoms with van der Waals surface area (Å²) in [5, 5.41) is 3.04. The third-order valence-corrected chi connectivity index (χ3v) is 2.96. The van der Waals surface area contributed by atoms with Gasteiger partial charge in [0, 0.05) is 24.5 Å². The van der Waals surface area contributed by atoms with E-state index in [4.69, 9.17) is 0 Å². The second-order valence-electron chi connectivity index (χ2n) is 4.34. The van der Waals surface area contributed by atoms with E-state index in [-0.39, 0.29) is 6.04 Å². The van der Waals surface area contributed by atoms with Gasteiger partial charge in [0.1, 0.15) is 0 Å². The molecule has 0 aliphatic heterocycles. The maximum atomic E-state index is 12.5. The van der Waals surface area contributed by atoms with Crippen LogP contribution in [0.4, 0.5) is 13.2 Å². The fraction of sp³-hybridized carbons (Fsp3) is 0.286. The standard InChI is InChI=1S/C14H14F3N3/c1-18-13(8-11-4-2-3-7-19-11)12-6-5-10(9-20-12)14(15,16)17/h2-7,9,13,18H,8H2,1H3. The van der Waals surface area contributed by atoms with Crippen molar-refractivity contribution in [2.45, 2.75) is 18.6 Å². The molecule has 0 fully saturated rings. The highest BCUT2D eigenvalue weighted by Crippen LogP contribution is 2.29. The number of aromatic nitrogens is 2. The van der Waals surface area contributed by atoms with Crippen molar-refractivity contribution in [2.75, 3.05) is 7.05 Å². The Labute approximate surface area is 114 Å². The molecule has 0 aliphatic rings. The third-order valence-electron chi connectivity index (χ3n) is 2.96. The van der Waals surface area contributed by atoms with Gasteiger partial charge in [0.15, 0.2) is 0 Å². The Hall–Kier alpha value is -1.95. The molecule has 2 aromatic rings. The average Bonchev–Trinajstić information content (AvgIpc) is 2.45. The predicted molar refractivity (Wildman–Crippen MR) is 69.0 cm³/mol. The molecule has 2 aromatic heterocycles. The molecule has 1 unspecified atom stereocenters. The number of hydrogen-bond donors (Lipinski definition) is 1. The molecule has 0 radical (unpaired) electrons. The van der Waals surface area contributed by atoms with Crippen LogP contribution < -0.4 is 5.32 Å². The largest absolute Gasteiger partial charge is 0.417 e. The minimum atomic E-state index is -4.36. The quantitative estimate of drug-likeness (QED) is 0.936. The number of likely N-dealkylation sites (N-methyl/N-ethyl adjacent to an activating group) is 1. The molecule has 20 heavy (non-hydrogen) atoms. The molecule has 6 heteroatoms. The van der Waals surface area contributed by atoms with Gasteiger partial charge in [0.25, 0.3) is 0 Å². The van der Waals surface area contributed by atoms with Crippen LogP contribution in [0.15, 0.2) is 42.7 Å². The van der Waals surface area contributed by atoms with Crippen molar-refractivity contribution in [1.82, 2.24) is 15.3 Å². The minimum absolute atomic E-state index is 0.174. The van der Waals surface area contributed by atoms with Crippen molar-refractivity contribution < 1.29 is 13.2 Å². The SMILES string of the molecule is CNC(Cc1ccccn1)c1ccc(C(F)(F)F)cn1. The lowest BCUT2D eigenvalue weighted by molar-refractivity contribution is -0.137. The van der Waals surface area contributed by atoms with E-state index >= 15 is 0 Å². The van der Waals surface area contributed by atoms with E-state index in [1.54, 1.807) is 13.2 Å². The normalized spacial score (nSPS) is 13.2. The van der Waals surface area contributed by atoms with Crippen molar-refractivity contribution in [3.8, 4) is 0 Å². The zero-order chi connectivity index (χ0) is 14.6. The van der Waals surface area contributed by atoms with Crippen LogP contribution in [0.25, 0.3) is 0 Å². The van der Waals surface area contributed by atoms with Crippen LogP contribution in [0, 0.1) is 0 Å². The lowest BCUT2D eigenvalue weighted by Gasteiger charge is -2.16. The number of pyridine rings is 2. The van der Waals surface area contributed by atoms with Crippen LogP contribution in [0.1, 0.15) is 23.0 Å². The van der Waals surface area contributed by atoms with Crippen LogP contribution in [-0.4, -0.2) is 17.0 Å². The molecule has 0 spiro atoms. The molecule has 0 saturated carbocycles. The summed E-state index contributed by atoms with van der Waals surface area (Å²) in [6, 6.07) is 7.82. The van der Waals surface area contributed by atoms with E-state index in [1.807, 2.05) is 18.2 Å². The second kappa shape index (κ2) is 6.00. The van der Waals surface area contributed by atoms with Crippen LogP contribution in [-0.2, 0) is 12.6 Å². The van der Waals surface area contributed by atoms with Gasteiger partial charge in [-0.05, 0) is 31.3 Å². The molecule has 1 N–H and O–H groups in total. The van der Waals surface area contributed by atoms with Crippen LogP contribution in [0.3, 0.4) is 0 Å². The monoisotopic (exact) mass is 281 g/mol. The molecule has 1 atom stereocenters. The average molecular weight is 281 g/mol. The summed E-state index contributed by atoms with van der Waals surface area (Å²) in [7, 11) is 1.74. The van der Waals surface area contributed by atoms with Gasteiger partial charge in [0.2, 0.25) is 0 Å². The van der Waals surface area contributed by atoms with Crippen LogP contribution in [0.2, 0.25) is 0 Å². The molecule has 0 saturated heterocycles. The zero-order valence-corrected chi connectivity index (χ0v) is 10.9. The van der Waals surface area contributed by atoms with Gasteiger partial charge in [0.05, 0.1) is 17.3 Å². The van der Waals surface area contributed by atoms with E-state index in [9.17, 15) is 13.2 Å². The Balaban J connectivity index is 2.16. The van der Waals surface area contributed by atoms with E-state index in [0.717, 1.165) is 18.0 Å². The van der Waals surface area contributed by atoms with E-state index < -0.39 is 11.7 Å². The summed E-state index contributed by atoms with van der Waals surface area (Å²) < 4.78 is 37.5. The molecule has 2 rings (SSSR count). The lowest BCUT2D eigenvalue weighted by atomic mass is 10.1. The lowest BCUT2D eigenvalue weighted by Crippen LogP contribution is -2.21. The number of nitrogens with zero attached hydrogens (tertiary/aromatic N) is 2. The Bertz CT molecular complexity index is 538. The van der Waals surface area contributed by atoms with Crippen molar-refractivity contribution in [2.24, 2.45) is 0 Å². The molecule has 0 amide bonds. The summed E-state index contributed by atoms with van der Waals surface area (Å²) in [5.41, 5.74) is 0.675. The Morgan fingerprint density at radius 3 is 2.45 bits per heavy atom. The zero-order valence-electron chi connectivity index (χ0n) is 10.9. The first-order chi connectivity index (χ1) is 9.50. The number of halogens is 3. The van der Waals surface area contributed by atoms with Crippen molar-refractivity contribution in [1.29, 1.82) is 0 Å². The van der Waals surface area contributed by atoms with Gasteiger partial charge in [-0.15, -0.1) is 0 Å². The first kappa shape index (κ1) is 14.5. The maximum Gasteiger partial charge on any atom is 0.417 e. The fourth-order valence-electron chi connectivity index (χ4n) is 1.86. The summed E-state index contributed by atoms with van der Waals surface area (Å²) in [6.45, 7) is 0. The van der Waals surface area contributed by atoms with Crippen LogP contribution >= 0.6 is 0 Å². The topological polar surface area (TPSA) is 37.8 Å².